The number of anilines is 1. The van der Waals surface area contributed by atoms with Gasteiger partial charge in [-0.2, -0.15) is 0 Å². The van der Waals surface area contributed by atoms with E-state index in [0.29, 0.717) is 12.1 Å². The molecule has 0 unspecified atom stereocenters. The summed E-state index contributed by atoms with van der Waals surface area (Å²) in [6, 6.07) is 6.50. The predicted octanol–water partition coefficient (Wildman–Crippen LogP) is 1.11. The molecule has 0 aliphatic rings. The lowest BCUT2D eigenvalue weighted by Gasteiger charge is -2.09. The first kappa shape index (κ1) is 16.4. The second-order valence-corrected chi connectivity index (χ2v) is 3.71. The van der Waals surface area contributed by atoms with Crippen LogP contribution in [0.1, 0.15) is 12.5 Å². The number of hydrogen-bond acceptors (Lipinski definition) is 4. The summed E-state index contributed by atoms with van der Waals surface area (Å²) in [6.45, 7) is 1.45. The first-order valence-electron chi connectivity index (χ1n) is 5.23. The summed E-state index contributed by atoms with van der Waals surface area (Å²) in [5.74, 6) is -0.556. The number of nitrogens with one attached hydrogen (secondary N) is 1. The van der Waals surface area contributed by atoms with Gasteiger partial charge in [-0.3, -0.25) is 9.59 Å². The van der Waals surface area contributed by atoms with Crippen molar-refractivity contribution < 1.29 is 14.3 Å². The monoisotopic (exact) mass is 272 g/mol. The number of amides is 1. The van der Waals surface area contributed by atoms with Crippen molar-refractivity contribution >= 4 is 30.0 Å². The Morgan fingerprint density at radius 2 is 1.89 bits per heavy atom. The highest BCUT2D eigenvalue weighted by Gasteiger charge is 2.13. The van der Waals surface area contributed by atoms with E-state index in [1.54, 1.807) is 12.1 Å². The lowest BCUT2D eigenvalue weighted by molar-refractivity contribution is -0.142. The molecule has 0 spiro atoms. The van der Waals surface area contributed by atoms with Gasteiger partial charge in [-0.25, -0.2) is 0 Å². The van der Waals surface area contributed by atoms with Crippen molar-refractivity contribution in [2.45, 2.75) is 19.4 Å². The third-order valence-electron chi connectivity index (χ3n) is 2.23. The minimum Gasteiger partial charge on any atom is -0.468 e. The number of methoxy groups -OCH3 is 1. The Labute approximate surface area is 112 Å². The van der Waals surface area contributed by atoms with Crippen LogP contribution in [-0.2, 0) is 20.7 Å². The van der Waals surface area contributed by atoms with Gasteiger partial charge in [0.1, 0.15) is 6.04 Å². The smallest absolute Gasteiger partial charge is 0.322 e. The predicted molar refractivity (Wildman–Crippen MR) is 71.7 cm³/mol. The quantitative estimate of drug-likeness (QED) is 0.805. The van der Waals surface area contributed by atoms with E-state index >= 15 is 0 Å². The minimum absolute atomic E-state index is 0. The largest absolute Gasteiger partial charge is 0.468 e. The molecule has 0 radical (unpaired) electrons. The summed E-state index contributed by atoms with van der Waals surface area (Å²) in [5.41, 5.74) is 7.26. The Bertz CT molecular complexity index is 406. The van der Waals surface area contributed by atoms with Gasteiger partial charge in [-0.05, 0) is 24.1 Å². The number of hydrogen-bond donors (Lipinski definition) is 2. The Kier molecular flexibility index (Phi) is 7.00. The molecule has 0 aliphatic heterocycles. The fraction of sp³-hybridized carbons (Fsp3) is 0.333. The minimum atomic E-state index is -0.661. The van der Waals surface area contributed by atoms with E-state index in [1.165, 1.54) is 14.0 Å². The molecule has 100 valence electrons. The average molecular weight is 273 g/mol. The van der Waals surface area contributed by atoms with Crippen molar-refractivity contribution in [3.05, 3.63) is 29.8 Å². The Balaban J connectivity index is 0.00000289. The molecule has 0 saturated heterocycles. The number of benzene rings is 1. The van der Waals surface area contributed by atoms with Crippen LogP contribution in [0, 0.1) is 0 Å². The van der Waals surface area contributed by atoms with Crippen LogP contribution in [0.4, 0.5) is 5.69 Å². The SMILES string of the molecule is COC(=O)[C@@H](N)Cc1ccc(NC(C)=O)cc1.Cl. The van der Waals surface area contributed by atoms with Gasteiger partial charge >= 0.3 is 5.97 Å². The molecule has 18 heavy (non-hydrogen) atoms. The lowest BCUT2D eigenvalue weighted by Crippen LogP contribution is -2.33. The fourth-order valence-corrected chi connectivity index (χ4v) is 1.42. The summed E-state index contributed by atoms with van der Waals surface area (Å²) in [4.78, 5) is 21.9. The molecule has 1 rings (SSSR count). The number of carbonyl (C=O) groups excluding carboxylic acids is 2. The second-order valence-electron chi connectivity index (χ2n) is 3.71. The number of esters is 1. The first-order valence-corrected chi connectivity index (χ1v) is 5.23. The average Bonchev–Trinajstić information content (AvgIpc) is 2.30. The van der Waals surface area contributed by atoms with Crippen LogP contribution >= 0.6 is 12.4 Å². The summed E-state index contributed by atoms with van der Waals surface area (Å²) in [5, 5.41) is 2.66. The molecule has 0 saturated carbocycles. The van der Waals surface area contributed by atoms with E-state index in [-0.39, 0.29) is 18.3 Å². The van der Waals surface area contributed by atoms with E-state index < -0.39 is 12.0 Å². The fourth-order valence-electron chi connectivity index (χ4n) is 1.42. The van der Waals surface area contributed by atoms with E-state index in [4.69, 9.17) is 5.73 Å². The van der Waals surface area contributed by atoms with Crippen LogP contribution in [0.15, 0.2) is 24.3 Å². The molecule has 0 heterocycles. The molecule has 1 aromatic rings. The van der Waals surface area contributed by atoms with Gasteiger partial charge in [-0.1, -0.05) is 12.1 Å². The number of halogens is 1. The molecule has 5 nitrogen and oxygen atoms in total. The normalized spacial score (nSPS) is 11.1. The molecule has 1 aromatic carbocycles. The highest BCUT2D eigenvalue weighted by atomic mass is 35.5. The highest BCUT2D eigenvalue weighted by molar-refractivity contribution is 5.88. The van der Waals surface area contributed by atoms with Crippen LogP contribution in [-0.4, -0.2) is 25.0 Å². The van der Waals surface area contributed by atoms with Crippen molar-refractivity contribution in [3.8, 4) is 0 Å². The van der Waals surface area contributed by atoms with E-state index in [2.05, 4.69) is 10.1 Å². The second kappa shape index (κ2) is 7.68. The van der Waals surface area contributed by atoms with Crippen molar-refractivity contribution in [2.75, 3.05) is 12.4 Å². The van der Waals surface area contributed by atoms with Gasteiger partial charge in [0.25, 0.3) is 0 Å². The molecular weight excluding hydrogens is 256 g/mol. The maximum Gasteiger partial charge on any atom is 0.322 e. The van der Waals surface area contributed by atoms with E-state index in [0.717, 1.165) is 5.56 Å². The summed E-state index contributed by atoms with van der Waals surface area (Å²) < 4.78 is 4.54. The highest BCUT2D eigenvalue weighted by Crippen LogP contribution is 2.11. The number of rotatable bonds is 4. The third-order valence-corrected chi connectivity index (χ3v) is 2.23. The van der Waals surface area contributed by atoms with Gasteiger partial charge in [0.05, 0.1) is 7.11 Å². The van der Waals surface area contributed by atoms with Crippen LogP contribution in [0.5, 0.6) is 0 Å². The number of nitrogens with two attached hydrogens (primary N) is 1. The molecule has 0 aliphatic carbocycles. The standard InChI is InChI=1S/C12H16N2O3.ClH/c1-8(15)14-10-5-3-9(4-6-10)7-11(13)12(16)17-2;/h3-6,11H,7,13H2,1-2H3,(H,14,15);1H/t11-;/m0./s1. The zero-order valence-corrected chi connectivity index (χ0v) is 11.1. The third kappa shape index (κ3) is 5.16. The first-order chi connectivity index (χ1) is 8.02. The molecule has 1 atom stereocenters. The van der Waals surface area contributed by atoms with E-state index in [9.17, 15) is 9.59 Å². The van der Waals surface area contributed by atoms with Crippen molar-refractivity contribution in [3.63, 3.8) is 0 Å². The molecule has 0 fully saturated rings. The van der Waals surface area contributed by atoms with Crippen molar-refractivity contribution in [2.24, 2.45) is 5.73 Å². The maximum atomic E-state index is 11.1. The molecular formula is C12H17ClN2O3. The van der Waals surface area contributed by atoms with Gasteiger partial charge in [0.2, 0.25) is 5.91 Å². The Morgan fingerprint density at radius 3 is 2.33 bits per heavy atom. The summed E-state index contributed by atoms with van der Waals surface area (Å²) in [6.07, 6.45) is 0.410. The maximum absolute atomic E-state index is 11.1. The zero-order valence-electron chi connectivity index (χ0n) is 10.3. The molecule has 1 amide bonds. The molecule has 0 bridgehead atoms. The lowest BCUT2D eigenvalue weighted by atomic mass is 10.1. The number of carbonyl (C=O) groups is 2. The number of ether oxygens (including phenoxy) is 1. The topological polar surface area (TPSA) is 81.4 Å². The van der Waals surface area contributed by atoms with Gasteiger partial charge in [-0.15, -0.1) is 12.4 Å². The van der Waals surface area contributed by atoms with Crippen LogP contribution < -0.4 is 11.1 Å². The van der Waals surface area contributed by atoms with E-state index in [1.807, 2.05) is 12.1 Å². The van der Waals surface area contributed by atoms with Crippen molar-refractivity contribution in [1.29, 1.82) is 0 Å². The van der Waals surface area contributed by atoms with Crippen LogP contribution in [0.2, 0.25) is 0 Å². The zero-order chi connectivity index (χ0) is 12.8. The Hall–Kier alpha value is -1.59. The van der Waals surface area contributed by atoms with Crippen LogP contribution in [0.25, 0.3) is 0 Å². The van der Waals surface area contributed by atoms with Gasteiger partial charge in [0.15, 0.2) is 0 Å². The molecule has 3 N–H and O–H groups in total. The molecule has 0 aromatic heterocycles. The molecule has 6 heteroatoms. The van der Waals surface area contributed by atoms with Gasteiger partial charge < -0.3 is 15.8 Å². The van der Waals surface area contributed by atoms with Crippen LogP contribution in [0.3, 0.4) is 0 Å². The Morgan fingerprint density at radius 1 is 1.33 bits per heavy atom. The summed E-state index contributed by atoms with van der Waals surface area (Å²) in [7, 11) is 1.31. The van der Waals surface area contributed by atoms with Gasteiger partial charge in [0, 0.05) is 12.6 Å². The summed E-state index contributed by atoms with van der Waals surface area (Å²) >= 11 is 0. The van der Waals surface area contributed by atoms with Crippen molar-refractivity contribution in [1.82, 2.24) is 0 Å².